The van der Waals surface area contributed by atoms with Crippen LogP contribution in [0.5, 0.6) is 0 Å². The molecule has 0 saturated carbocycles. The van der Waals surface area contributed by atoms with E-state index in [0.29, 0.717) is 10.7 Å². The molecule has 110 valence electrons. The fourth-order valence-corrected chi connectivity index (χ4v) is 2.40. The van der Waals surface area contributed by atoms with E-state index in [1.54, 1.807) is 30.5 Å². The second-order valence-electron chi connectivity index (χ2n) is 5.07. The van der Waals surface area contributed by atoms with Gasteiger partial charge >= 0.3 is 0 Å². The Morgan fingerprint density at radius 2 is 1.81 bits per heavy atom. The predicted molar refractivity (Wildman–Crippen MR) is 83.8 cm³/mol. The zero-order valence-electron chi connectivity index (χ0n) is 11.8. The van der Waals surface area contributed by atoms with Crippen LogP contribution in [0.3, 0.4) is 0 Å². The van der Waals surface area contributed by atoms with Gasteiger partial charge in [-0.2, -0.15) is 5.26 Å². The van der Waals surface area contributed by atoms with Crippen molar-refractivity contribution in [3.63, 3.8) is 0 Å². The molecule has 1 aromatic carbocycles. The number of likely N-dealkylation sites (tertiary alicyclic amines) is 1. The van der Waals surface area contributed by atoms with Crippen molar-refractivity contribution in [2.75, 3.05) is 18.4 Å². The van der Waals surface area contributed by atoms with Crippen LogP contribution in [-0.2, 0) is 4.79 Å². The number of hydrogen-bond acceptors (Lipinski definition) is 3. The van der Waals surface area contributed by atoms with Crippen LogP contribution in [0.25, 0.3) is 0 Å². The number of carbonyl (C=O) groups is 1. The molecule has 0 spiro atoms. The first-order valence-electron chi connectivity index (χ1n) is 7.12. The third kappa shape index (κ3) is 4.80. The molecule has 1 aliphatic rings. The van der Waals surface area contributed by atoms with Gasteiger partial charge in [-0.1, -0.05) is 24.4 Å². The molecule has 1 saturated heterocycles. The van der Waals surface area contributed by atoms with Crippen molar-refractivity contribution in [2.24, 2.45) is 0 Å². The topological polar surface area (TPSA) is 56.1 Å². The third-order valence-electron chi connectivity index (χ3n) is 3.42. The Morgan fingerprint density at radius 1 is 1.19 bits per heavy atom. The summed E-state index contributed by atoms with van der Waals surface area (Å²) in [5, 5.41) is 12.5. The number of nitrogens with zero attached hydrogens (tertiary/aromatic N) is 2. The lowest BCUT2D eigenvalue weighted by Crippen LogP contribution is -2.22. The molecular weight excluding hydrogens is 286 g/mol. The van der Waals surface area contributed by atoms with Crippen LogP contribution in [0.4, 0.5) is 5.69 Å². The Morgan fingerprint density at radius 3 is 2.38 bits per heavy atom. The Kier molecular flexibility index (Phi) is 5.65. The first-order valence-corrected chi connectivity index (χ1v) is 7.50. The molecule has 1 heterocycles. The smallest absolute Gasteiger partial charge is 0.267 e. The average Bonchev–Trinajstić information content (AvgIpc) is 2.75. The number of hydrogen-bond donors (Lipinski definition) is 1. The summed E-state index contributed by atoms with van der Waals surface area (Å²) in [6.07, 6.45) is 6.31. The monoisotopic (exact) mass is 303 g/mol. The number of nitrogens with one attached hydrogen (secondary N) is 1. The highest BCUT2D eigenvalue weighted by molar-refractivity contribution is 6.30. The number of amides is 1. The van der Waals surface area contributed by atoms with Gasteiger partial charge in [0.05, 0.1) is 0 Å². The van der Waals surface area contributed by atoms with Crippen LogP contribution in [-0.4, -0.2) is 23.9 Å². The molecule has 1 N–H and O–H groups in total. The van der Waals surface area contributed by atoms with Gasteiger partial charge in [0.25, 0.3) is 5.91 Å². The molecule has 0 aromatic heterocycles. The van der Waals surface area contributed by atoms with Crippen LogP contribution >= 0.6 is 11.6 Å². The molecule has 21 heavy (non-hydrogen) atoms. The Labute approximate surface area is 130 Å². The van der Waals surface area contributed by atoms with Gasteiger partial charge in [0.1, 0.15) is 11.6 Å². The number of nitriles is 1. The molecular formula is C16H18ClN3O. The summed E-state index contributed by atoms with van der Waals surface area (Å²) in [6.45, 7) is 1.80. The minimum atomic E-state index is -0.385. The molecule has 5 heteroatoms. The summed E-state index contributed by atoms with van der Waals surface area (Å²) in [5.41, 5.74) is 0.758. The maximum atomic E-state index is 12.1. The largest absolute Gasteiger partial charge is 0.376 e. The normalized spacial score (nSPS) is 16.0. The van der Waals surface area contributed by atoms with Crippen molar-refractivity contribution in [3.05, 3.63) is 41.1 Å². The highest BCUT2D eigenvalue weighted by Gasteiger charge is 2.13. The van der Waals surface area contributed by atoms with Crippen LogP contribution < -0.4 is 5.32 Å². The second-order valence-corrected chi connectivity index (χ2v) is 5.50. The van der Waals surface area contributed by atoms with Gasteiger partial charge in [0.2, 0.25) is 0 Å². The summed E-state index contributed by atoms with van der Waals surface area (Å²) >= 11 is 5.80. The van der Waals surface area contributed by atoms with E-state index in [4.69, 9.17) is 11.6 Å². The second kappa shape index (κ2) is 7.70. The quantitative estimate of drug-likeness (QED) is 0.686. The van der Waals surface area contributed by atoms with Crippen LogP contribution in [0.15, 0.2) is 36.0 Å². The molecule has 0 atom stereocenters. The number of carbonyl (C=O) groups excluding carboxylic acids is 1. The van der Waals surface area contributed by atoms with Gasteiger partial charge in [-0.05, 0) is 37.1 Å². The highest BCUT2D eigenvalue weighted by atomic mass is 35.5. The maximum Gasteiger partial charge on any atom is 0.267 e. The highest BCUT2D eigenvalue weighted by Crippen LogP contribution is 2.15. The van der Waals surface area contributed by atoms with E-state index in [2.05, 4.69) is 10.2 Å². The number of rotatable bonds is 3. The van der Waals surface area contributed by atoms with Crippen molar-refractivity contribution in [1.82, 2.24) is 4.90 Å². The average molecular weight is 304 g/mol. The first kappa shape index (κ1) is 15.4. The van der Waals surface area contributed by atoms with E-state index in [9.17, 15) is 10.1 Å². The van der Waals surface area contributed by atoms with E-state index in [1.807, 2.05) is 6.07 Å². The number of benzene rings is 1. The summed E-state index contributed by atoms with van der Waals surface area (Å²) in [4.78, 5) is 14.2. The molecule has 0 radical (unpaired) electrons. The molecule has 1 aromatic rings. The summed E-state index contributed by atoms with van der Waals surface area (Å²) in [6, 6.07) is 8.79. The fourth-order valence-electron chi connectivity index (χ4n) is 2.28. The van der Waals surface area contributed by atoms with Gasteiger partial charge in [-0.25, -0.2) is 0 Å². The van der Waals surface area contributed by atoms with Crippen molar-refractivity contribution in [2.45, 2.75) is 25.7 Å². The number of halogens is 1. The van der Waals surface area contributed by atoms with Crippen LogP contribution in [0, 0.1) is 11.3 Å². The summed E-state index contributed by atoms with van der Waals surface area (Å²) in [7, 11) is 0. The lowest BCUT2D eigenvalue weighted by Gasteiger charge is -2.17. The van der Waals surface area contributed by atoms with Gasteiger partial charge < -0.3 is 10.2 Å². The van der Waals surface area contributed by atoms with E-state index >= 15 is 0 Å². The predicted octanol–water partition coefficient (Wildman–Crippen LogP) is 3.56. The minimum Gasteiger partial charge on any atom is -0.376 e. The van der Waals surface area contributed by atoms with Crippen molar-refractivity contribution < 1.29 is 4.79 Å². The van der Waals surface area contributed by atoms with Gasteiger partial charge in [-0.15, -0.1) is 0 Å². The van der Waals surface area contributed by atoms with Gasteiger partial charge in [0.15, 0.2) is 0 Å². The lowest BCUT2D eigenvalue weighted by molar-refractivity contribution is -0.112. The standard InChI is InChI=1S/C16H18ClN3O/c17-14-5-7-15(8-6-14)19-16(21)13(11-18)12-20-9-3-1-2-4-10-20/h5-8,12H,1-4,9-10H2,(H,19,21)/b13-12-. The van der Waals surface area contributed by atoms with Crippen LogP contribution in [0.1, 0.15) is 25.7 Å². The lowest BCUT2D eigenvalue weighted by atomic mass is 10.2. The minimum absolute atomic E-state index is 0.131. The first-order chi connectivity index (χ1) is 10.2. The van der Waals surface area contributed by atoms with E-state index < -0.39 is 0 Å². The van der Waals surface area contributed by atoms with Crippen LogP contribution in [0.2, 0.25) is 5.02 Å². The Hall–Kier alpha value is -1.99. The fraction of sp³-hybridized carbons (Fsp3) is 0.375. The van der Waals surface area contributed by atoms with Gasteiger partial charge in [-0.3, -0.25) is 4.79 Å². The zero-order chi connectivity index (χ0) is 15.1. The molecule has 4 nitrogen and oxygen atoms in total. The maximum absolute atomic E-state index is 12.1. The molecule has 1 fully saturated rings. The molecule has 1 amide bonds. The van der Waals surface area contributed by atoms with E-state index in [1.165, 1.54) is 12.8 Å². The molecule has 0 bridgehead atoms. The van der Waals surface area contributed by atoms with Gasteiger partial charge in [0, 0.05) is 30.0 Å². The number of anilines is 1. The Balaban J connectivity index is 2.03. The zero-order valence-corrected chi connectivity index (χ0v) is 12.6. The SMILES string of the molecule is N#C/C(=C/N1CCCCCC1)C(=O)Nc1ccc(Cl)cc1. The molecule has 0 unspecified atom stereocenters. The molecule has 0 aliphatic carbocycles. The van der Waals surface area contributed by atoms with Crippen molar-refractivity contribution in [1.29, 1.82) is 5.26 Å². The molecule has 2 rings (SSSR count). The van der Waals surface area contributed by atoms with Crippen molar-refractivity contribution >= 4 is 23.2 Å². The van der Waals surface area contributed by atoms with E-state index in [-0.39, 0.29) is 11.5 Å². The van der Waals surface area contributed by atoms with Crippen molar-refractivity contribution in [3.8, 4) is 6.07 Å². The van der Waals surface area contributed by atoms with E-state index in [0.717, 1.165) is 25.9 Å². The third-order valence-corrected chi connectivity index (χ3v) is 3.67. The Bertz CT molecular complexity index is 552. The summed E-state index contributed by atoms with van der Waals surface area (Å²) < 4.78 is 0. The summed E-state index contributed by atoms with van der Waals surface area (Å²) in [5.74, 6) is -0.385. The molecule has 1 aliphatic heterocycles.